The molecule has 1 aliphatic rings. The molecule has 0 heterocycles. The molecular weight excluding hydrogens is 220 g/mol. The van der Waals surface area contributed by atoms with Gasteiger partial charge in [-0.05, 0) is 18.8 Å². The summed E-state index contributed by atoms with van der Waals surface area (Å²) < 4.78 is 0. The molecule has 1 saturated carbocycles. The van der Waals surface area contributed by atoms with E-state index in [1.165, 1.54) is 0 Å². The van der Waals surface area contributed by atoms with Gasteiger partial charge in [-0.3, -0.25) is 4.79 Å². The zero-order valence-corrected chi connectivity index (χ0v) is 10.5. The van der Waals surface area contributed by atoms with E-state index in [0.717, 1.165) is 19.3 Å². The van der Waals surface area contributed by atoms with Gasteiger partial charge in [0.25, 0.3) is 0 Å². The van der Waals surface area contributed by atoms with Crippen LogP contribution in [0.5, 0.6) is 0 Å². The number of urea groups is 1. The minimum absolute atomic E-state index is 0.228. The molecule has 0 saturated heterocycles. The number of carbonyl (C=O) groups is 2. The van der Waals surface area contributed by atoms with E-state index in [9.17, 15) is 9.59 Å². The lowest BCUT2D eigenvalue weighted by molar-refractivity contribution is -0.143. The van der Waals surface area contributed by atoms with E-state index in [-0.39, 0.29) is 12.1 Å². The van der Waals surface area contributed by atoms with Gasteiger partial charge in [-0.25, -0.2) is 4.79 Å². The van der Waals surface area contributed by atoms with Crippen molar-refractivity contribution >= 4 is 12.0 Å². The molecule has 98 valence electrons. The van der Waals surface area contributed by atoms with Crippen LogP contribution in [0.3, 0.4) is 0 Å². The van der Waals surface area contributed by atoms with Gasteiger partial charge in [-0.1, -0.05) is 26.7 Å². The van der Waals surface area contributed by atoms with Crippen LogP contribution in [0.25, 0.3) is 0 Å². The van der Waals surface area contributed by atoms with Crippen molar-refractivity contribution in [1.29, 1.82) is 0 Å². The monoisotopic (exact) mass is 242 g/mol. The fourth-order valence-corrected chi connectivity index (χ4v) is 2.12. The van der Waals surface area contributed by atoms with Crippen molar-refractivity contribution in [2.24, 2.45) is 11.8 Å². The lowest BCUT2D eigenvalue weighted by atomic mass is 9.84. The van der Waals surface area contributed by atoms with Gasteiger partial charge in [-0.15, -0.1) is 0 Å². The first-order chi connectivity index (χ1) is 8.00. The number of hydrogen-bond acceptors (Lipinski definition) is 2. The molecule has 3 N–H and O–H groups in total. The number of aliphatic carboxylic acids is 1. The van der Waals surface area contributed by atoms with Crippen molar-refractivity contribution < 1.29 is 14.7 Å². The first kappa shape index (κ1) is 13.8. The van der Waals surface area contributed by atoms with Crippen molar-refractivity contribution in [3.8, 4) is 0 Å². The van der Waals surface area contributed by atoms with Crippen LogP contribution in [0.2, 0.25) is 0 Å². The van der Waals surface area contributed by atoms with E-state index in [1.807, 2.05) is 13.8 Å². The Morgan fingerprint density at radius 1 is 1.29 bits per heavy atom. The molecule has 1 rings (SSSR count). The number of nitrogens with one attached hydrogen (secondary N) is 2. The van der Waals surface area contributed by atoms with Crippen molar-refractivity contribution in [3.63, 3.8) is 0 Å². The van der Waals surface area contributed by atoms with Crippen LogP contribution in [0.4, 0.5) is 4.79 Å². The summed E-state index contributed by atoms with van der Waals surface area (Å²) in [5.41, 5.74) is 0. The Morgan fingerprint density at radius 3 is 2.53 bits per heavy atom. The molecule has 1 aliphatic carbocycles. The van der Waals surface area contributed by atoms with Crippen LogP contribution in [-0.4, -0.2) is 29.7 Å². The topological polar surface area (TPSA) is 78.4 Å². The van der Waals surface area contributed by atoms with Gasteiger partial charge in [0.2, 0.25) is 0 Å². The fraction of sp³-hybridized carbons (Fsp3) is 0.833. The summed E-state index contributed by atoms with van der Waals surface area (Å²) in [5.74, 6) is -0.852. The molecule has 2 unspecified atom stereocenters. The molecule has 2 amide bonds. The molecule has 1 fully saturated rings. The van der Waals surface area contributed by atoms with E-state index in [1.54, 1.807) is 0 Å². The SMILES string of the molecule is CC(C)CNC(=O)NC1CCCCC1C(=O)O. The third-order valence-corrected chi connectivity index (χ3v) is 3.07. The van der Waals surface area contributed by atoms with Gasteiger partial charge in [0.05, 0.1) is 5.92 Å². The van der Waals surface area contributed by atoms with Crippen molar-refractivity contribution in [1.82, 2.24) is 10.6 Å². The van der Waals surface area contributed by atoms with Gasteiger partial charge in [0, 0.05) is 12.6 Å². The van der Waals surface area contributed by atoms with E-state index >= 15 is 0 Å². The Labute approximate surface area is 102 Å². The second-order valence-electron chi connectivity index (χ2n) is 5.08. The second kappa shape index (κ2) is 6.47. The smallest absolute Gasteiger partial charge is 0.315 e. The van der Waals surface area contributed by atoms with E-state index in [0.29, 0.717) is 18.9 Å². The van der Waals surface area contributed by atoms with Gasteiger partial charge < -0.3 is 15.7 Å². The molecule has 17 heavy (non-hydrogen) atoms. The molecule has 0 aromatic heterocycles. The molecule has 5 nitrogen and oxygen atoms in total. The maximum Gasteiger partial charge on any atom is 0.315 e. The highest BCUT2D eigenvalue weighted by Gasteiger charge is 2.31. The number of carboxylic acid groups (broad SMARTS) is 1. The van der Waals surface area contributed by atoms with Crippen LogP contribution in [0, 0.1) is 11.8 Å². The Morgan fingerprint density at radius 2 is 1.94 bits per heavy atom. The standard InChI is InChI=1S/C12H22N2O3/c1-8(2)7-13-12(17)14-10-6-4-3-5-9(10)11(15)16/h8-10H,3-7H2,1-2H3,(H,15,16)(H2,13,14,17). The maximum atomic E-state index is 11.6. The number of hydrogen-bond donors (Lipinski definition) is 3. The second-order valence-corrected chi connectivity index (χ2v) is 5.08. The molecule has 0 aliphatic heterocycles. The summed E-state index contributed by atoms with van der Waals surface area (Å²) in [6.07, 6.45) is 3.33. The van der Waals surface area contributed by atoms with E-state index < -0.39 is 11.9 Å². The normalized spacial score (nSPS) is 24.4. The van der Waals surface area contributed by atoms with Gasteiger partial charge in [0.1, 0.15) is 0 Å². The number of rotatable bonds is 4. The minimum atomic E-state index is -0.807. The Bertz CT molecular complexity index is 279. The van der Waals surface area contributed by atoms with E-state index in [4.69, 9.17) is 5.11 Å². The first-order valence-electron chi connectivity index (χ1n) is 6.28. The lowest BCUT2D eigenvalue weighted by Gasteiger charge is -2.29. The van der Waals surface area contributed by atoms with Gasteiger partial charge >= 0.3 is 12.0 Å². The third kappa shape index (κ3) is 4.63. The average molecular weight is 242 g/mol. The minimum Gasteiger partial charge on any atom is -0.481 e. The summed E-state index contributed by atoms with van der Waals surface area (Å²) in [5, 5.41) is 14.6. The summed E-state index contributed by atoms with van der Waals surface area (Å²) in [6, 6.07) is -0.481. The maximum absolute atomic E-state index is 11.6. The number of carboxylic acids is 1. The van der Waals surface area contributed by atoms with Gasteiger partial charge in [0.15, 0.2) is 0 Å². The summed E-state index contributed by atoms with van der Waals surface area (Å²) in [7, 11) is 0. The average Bonchev–Trinajstić information content (AvgIpc) is 2.27. The molecule has 0 aromatic rings. The van der Waals surface area contributed by atoms with E-state index in [2.05, 4.69) is 10.6 Å². The van der Waals surface area contributed by atoms with Crippen molar-refractivity contribution in [2.75, 3.05) is 6.54 Å². The van der Waals surface area contributed by atoms with Crippen LogP contribution < -0.4 is 10.6 Å². The summed E-state index contributed by atoms with van der Waals surface area (Å²) in [6.45, 7) is 4.64. The highest BCUT2D eigenvalue weighted by Crippen LogP contribution is 2.24. The van der Waals surface area contributed by atoms with Crippen LogP contribution in [0.15, 0.2) is 0 Å². The highest BCUT2D eigenvalue weighted by atomic mass is 16.4. The number of carbonyl (C=O) groups excluding carboxylic acids is 1. The lowest BCUT2D eigenvalue weighted by Crippen LogP contribution is -2.49. The highest BCUT2D eigenvalue weighted by molar-refractivity contribution is 5.76. The third-order valence-electron chi connectivity index (χ3n) is 3.07. The first-order valence-corrected chi connectivity index (χ1v) is 6.28. The molecule has 5 heteroatoms. The van der Waals surface area contributed by atoms with Crippen molar-refractivity contribution in [3.05, 3.63) is 0 Å². The molecule has 2 atom stereocenters. The Hall–Kier alpha value is -1.26. The molecular formula is C12H22N2O3. The molecule has 0 bridgehead atoms. The fourth-order valence-electron chi connectivity index (χ4n) is 2.12. The summed E-state index contributed by atoms with van der Waals surface area (Å²) in [4.78, 5) is 22.6. The predicted molar refractivity (Wildman–Crippen MR) is 64.8 cm³/mol. The Kier molecular flexibility index (Phi) is 5.25. The zero-order valence-electron chi connectivity index (χ0n) is 10.5. The van der Waals surface area contributed by atoms with Crippen LogP contribution in [-0.2, 0) is 4.79 Å². The summed E-state index contributed by atoms with van der Waals surface area (Å²) >= 11 is 0. The predicted octanol–water partition coefficient (Wildman–Crippen LogP) is 1.58. The number of amides is 2. The molecule has 0 spiro atoms. The zero-order chi connectivity index (χ0) is 12.8. The molecule has 0 aromatic carbocycles. The van der Waals surface area contributed by atoms with Crippen LogP contribution >= 0.6 is 0 Å². The quantitative estimate of drug-likeness (QED) is 0.700. The molecule has 0 radical (unpaired) electrons. The van der Waals surface area contributed by atoms with Crippen LogP contribution in [0.1, 0.15) is 39.5 Å². The Balaban J connectivity index is 2.42. The van der Waals surface area contributed by atoms with Crippen molar-refractivity contribution in [2.45, 2.75) is 45.6 Å². The largest absolute Gasteiger partial charge is 0.481 e. The van der Waals surface area contributed by atoms with Gasteiger partial charge in [-0.2, -0.15) is 0 Å².